The molecule has 1 heterocycles. The number of hydrogen-bond donors (Lipinski definition) is 1. The molecule has 1 aromatic heterocycles. The minimum atomic E-state index is 0.431. The van der Waals surface area contributed by atoms with Crippen molar-refractivity contribution in [2.75, 3.05) is 6.54 Å². The van der Waals surface area contributed by atoms with Crippen molar-refractivity contribution < 1.29 is 0 Å². The van der Waals surface area contributed by atoms with E-state index in [9.17, 15) is 0 Å². The zero-order valence-electron chi connectivity index (χ0n) is 8.43. The second-order valence-electron chi connectivity index (χ2n) is 3.39. The van der Waals surface area contributed by atoms with Gasteiger partial charge in [0.05, 0.1) is 11.5 Å². The number of thiocarbonyl (C=S) groups is 1. The van der Waals surface area contributed by atoms with Crippen LogP contribution in [-0.2, 0) is 6.54 Å². The third kappa shape index (κ3) is 3.69. The summed E-state index contributed by atoms with van der Waals surface area (Å²) in [6, 6.07) is 0.431. The molecule has 3 nitrogen and oxygen atoms in total. The lowest BCUT2D eigenvalue weighted by molar-refractivity contribution is 0.245. The highest BCUT2D eigenvalue weighted by atomic mass is 32.1. The van der Waals surface area contributed by atoms with Crippen molar-refractivity contribution in [3.8, 4) is 0 Å². The molecule has 0 unspecified atom stereocenters. The number of aromatic nitrogens is 1. The molecule has 0 saturated carbocycles. The fourth-order valence-electron chi connectivity index (χ4n) is 1.13. The molecule has 0 fully saturated rings. The molecule has 0 spiro atoms. The number of hydrogen-bond acceptors (Lipinski definition) is 4. The molecule has 1 rings (SSSR count). The van der Waals surface area contributed by atoms with Gasteiger partial charge in [0.2, 0.25) is 0 Å². The first-order valence-corrected chi connectivity index (χ1v) is 5.79. The smallest absolute Gasteiger partial charge is 0.107 e. The van der Waals surface area contributed by atoms with Crippen LogP contribution < -0.4 is 5.73 Å². The van der Waals surface area contributed by atoms with E-state index in [0.717, 1.165) is 11.6 Å². The van der Waals surface area contributed by atoms with E-state index in [1.807, 2.05) is 11.6 Å². The Morgan fingerprint density at radius 2 is 2.43 bits per heavy atom. The van der Waals surface area contributed by atoms with Gasteiger partial charge < -0.3 is 5.73 Å². The summed E-state index contributed by atoms with van der Waals surface area (Å²) in [5.41, 5.74) is 5.53. The van der Waals surface area contributed by atoms with Crippen molar-refractivity contribution >= 4 is 28.5 Å². The van der Waals surface area contributed by atoms with Crippen molar-refractivity contribution in [3.05, 3.63) is 16.6 Å². The second-order valence-corrected chi connectivity index (χ2v) is 4.89. The van der Waals surface area contributed by atoms with Gasteiger partial charge in [-0.05, 0) is 13.8 Å². The predicted molar refractivity (Wildman–Crippen MR) is 64.4 cm³/mol. The molecule has 5 heteroatoms. The summed E-state index contributed by atoms with van der Waals surface area (Å²) in [5.74, 6) is 0. The maximum atomic E-state index is 5.53. The van der Waals surface area contributed by atoms with Gasteiger partial charge in [0.25, 0.3) is 0 Å². The maximum Gasteiger partial charge on any atom is 0.107 e. The van der Waals surface area contributed by atoms with Crippen LogP contribution >= 0.6 is 23.6 Å². The van der Waals surface area contributed by atoms with E-state index in [1.165, 1.54) is 0 Å². The Hall–Kier alpha value is -0.520. The number of rotatable bonds is 5. The van der Waals surface area contributed by atoms with Gasteiger partial charge in [-0.2, -0.15) is 0 Å². The lowest BCUT2D eigenvalue weighted by Crippen LogP contribution is -2.37. The van der Waals surface area contributed by atoms with Crippen LogP contribution in [0, 0.1) is 0 Å². The van der Waals surface area contributed by atoms with Gasteiger partial charge in [0.15, 0.2) is 0 Å². The van der Waals surface area contributed by atoms with Gasteiger partial charge in [-0.15, -0.1) is 11.3 Å². The van der Waals surface area contributed by atoms with Crippen LogP contribution in [0.2, 0.25) is 0 Å². The molecular formula is C9H15N3S2. The topological polar surface area (TPSA) is 42.1 Å². The van der Waals surface area contributed by atoms with E-state index in [0.29, 0.717) is 17.6 Å². The highest BCUT2D eigenvalue weighted by Crippen LogP contribution is 2.10. The van der Waals surface area contributed by atoms with Gasteiger partial charge in [-0.1, -0.05) is 12.2 Å². The van der Waals surface area contributed by atoms with Crippen LogP contribution in [0.4, 0.5) is 0 Å². The molecule has 0 aromatic carbocycles. The highest BCUT2D eigenvalue weighted by molar-refractivity contribution is 7.80. The van der Waals surface area contributed by atoms with E-state index in [4.69, 9.17) is 18.0 Å². The molecule has 1 aromatic rings. The van der Waals surface area contributed by atoms with Gasteiger partial charge >= 0.3 is 0 Å². The van der Waals surface area contributed by atoms with E-state index in [-0.39, 0.29) is 0 Å². The molecule has 2 N–H and O–H groups in total. The molecule has 0 bridgehead atoms. The summed E-state index contributed by atoms with van der Waals surface area (Å²) >= 11 is 6.56. The Balaban J connectivity index is 2.56. The normalized spacial score (nSPS) is 11.1. The van der Waals surface area contributed by atoms with Crippen molar-refractivity contribution in [2.24, 2.45) is 5.73 Å². The van der Waals surface area contributed by atoms with E-state index >= 15 is 0 Å². The van der Waals surface area contributed by atoms with Gasteiger partial charge in [-0.3, -0.25) is 4.90 Å². The van der Waals surface area contributed by atoms with Crippen LogP contribution in [0.3, 0.4) is 0 Å². The first-order valence-electron chi connectivity index (χ1n) is 4.50. The van der Waals surface area contributed by atoms with Gasteiger partial charge in [-0.25, -0.2) is 4.98 Å². The van der Waals surface area contributed by atoms with Crippen LogP contribution in [0.25, 0.3) is 0 Å². The molecule has 78 valence electrons. The minimum absolute atomic E-state index is 0.431. The van der Waals surface area contributed by atoms with E-state index < -0.39 is 0 Å². The fourth-order valence-corrected chi connectivity index (χ4v) is 1.93. The first-order chi connectivity index (χ1) is 6.59. The summed E-state index contributed by atoms with van der Waals surface area (Å²) in [7, 11) is 0. The van der Waals surface area contributed by atoms with Crippen LogP contribution in [0.1, 0.15) is 18.9 Å². The van der Waals surface area contributed by atoms with Crippen molar-refractivity contribution in [3.63, 3.8) is 0 Å². The lowest BCUT2D eigenvalue weighted by atomic mass is 10.3. The largest absolute Gasteiger partial charge is 0.392 e. The predicted octanol–water partition coefficient (Wildman–Crippen LogP) is 1.64. The monoisotopic (exact) mass is 229 g/mol. The Bertz CT molecular complexity index is 282. The average Bonchev–Trinajstić information content (AvgIpc) is 2.54. The van der Waals surface area contributed by atoms with E-state index in [2.05, 4.69) is 23.7 Å². The number of nitrogens with two attached hydrogens (primary N) is 1. The van der Waals surface area contributed by atoms with Crippen molar-refractivity contribution in [1.29, 1.82) is 0 Å². The van der Waals surface area contributed by atoms with Gasteiger partial charge in [0.1, 0.15) is 5.01 Å². The van der Waals surface area contributed by atoms with Crippen molar-refractivity contribution in [2.45, 2.75) is 26.4 Å². The summed E-state index contributed by atoms with van der Waals surface area (Å²) in [6.07, 6.45) is 1.82. The number of nitrogens with zero attached hydrogens (tertiary/aromatic N) is 2. The SMILES string of the molecule is CC(C)N(CC(N)=S)Cc1nccs1. The summed E-state index contributed by atoms with van der Waals surface area (Å²) in [6.45, 7) is 5.75. The zero-order valence-corrected chi connectivity index (χ0v) is 10.1. The highest BCUT2D eigenvalue weighted by Gasteiger charge is 2.11. The van der Waals surface area contributed by atoms with E-state index in [1.54, 1.807) is 11.3 Å². The summed E-state index contributed by atoms with van der Waals surface area (Å²) in [4.78, 5) is 6.99. The molecular weight excluding hydrogens is 214 g/mol. The Morgan fingerprint density at radius 3 is 2.86 bits per heavy atom. The number of thiazole rings is 1. The van der Waals surface area contributed by atoms with Crippen molar-refractivity contribution in [1.82, 2.24) is 9.88 Å². The fraction of sp³-hybridized carbons (Fsp3) is 0.556. The first kappa shape index (κ1) is 11.6. The summed E-state index contributed by atoms with van der Waals surface area (Å²) < 4.78 is 0. The maximum absolute atomic E-state index is 5.53. The summed E-state index contributed by atoms with van der Waals surface area (Å²) in [5, 5.41) is 3.09. The molecule has 0 aliphatic rings. The van der Waals surface area contributed by atoms with Crippen LogP contribution in [-0.4, -0.2) is 27.5 Å². The third-order valence-electron chi connectivity index (χ3n) is 1.91. The van der Waals surface area contributed by atoms with Crippen LogP contribution in [0.15, 0.2) is 11.6 Å². The molecule has 0 saturated heterocycles. The molecule has 14 heavy (non-hydrogen) atoms. The molecule has 0 amide bonds. The molecule has 0 aliphatic heterocycles. The standard InChI is InChI=1S/C9H15N3S2/c1-7(2)12(5-8(10)13)6-9-11-3-4-14-9/h3-4,7H,5-6H2,1-2H3,(H2,10,13). The molecule has 0 atom stereocenters. The second kappa shape index (κ2) is 5.38. The zero-order chi connectivity index (χ0) is 10.6. The Labute approximate surface area is 93.9 Å². The van der Waals surface area contributed by atoms with Gasteiger partial charge in [0, 0.05) is 24.2 Å². The third-order valence-corrected chi connectivity index (χ3v) is 2.80. The lowest BCUT2D eigenvalue weighted by Gasteiger charge is -2.24. The minimum Gasteiger partial charge on any atom is -0.392 e. The molecule has 0 aliphatic carbocycles. The van der Waals surface area contributed by atoms with Crippen LogP contribution in [0.5, 0.6) is 0 Å². The average molecular weight is 229 g/mol. The molecule has 0 radical (unpaired) electrons. The Morgan fingerprint density at radius 1 is 1.71 bits per heavy atom. The Kier molecular flexibility index (Phi) is 4.44. The quantitative estimate of drug-likeness (QED) is 0.779.